The Balaban J connectivity index is 1.57. The van der Waals surface area contributed by atoms with Crippen LogP contribution in [0.15, 0.2) is 23.0 Å². The number of amides is 1. The van der Waals surface area contributed by atoms with E-state index in [-0.39, 0.29) is 17.5 Å². The molecule has 3 heterocycles. The highest BCUT2D eigenvalue weighted by Crippen LogP contribution is 2.16. The lowest BCUT2D eigenvalue weighted by molar-refractivity contribution is 0.0903. The highest BCUT2D eigenvalue weighted by molar-refractivity contribution is 5.92. The first-order valence-electron chi connectivity index (χ1n) is 9.51. The van der Waals surface area contributed by atoms with Crippen LogP contribution in [0.3, 0.4) is 0 Å². The van der Waals surface area contributed by atoms with Crippen LogP contribution in [-0.2, 0) is 13.6 Å². The number of piperidine rings is 1. The number of hydrogen-bond acceptors (Lipinski definition) is 5. The average molecular weight is 372 g/mol. The van der Waals surface area contributed by atoms with Gasteiger partial charge in [-0.2, -0.15) is 10.2 Å². The van der Waals surface area contributed by atoms with Gasteiger partial charge in [0.25, 0.3) is 11.5 Å². The molecular weight excluding hydrogens is 344 g/mol. The average Bonchev–Trinajstić information content (AvgIpc) is 3.00. The van der Waals surface area contributed by atoms with Crippen LogP contribution in [0.1, 0.15) is 41.1 Å². The van der Waals surface area contributed by atoms with Crippen molar-refractivity contribution in [2.45, 2.75) is 45.7 Å². The van der Waals surface area contributed by atoms with Crippen molar-refractivity contribution in [2.75, 3.05) is 19.6 Å². The van der Waals surface area contributed by atoms with E-state index < -0.39 is 0 Å². The number of carbonyl (C=O) groups is 1. The lowest BCUT2D eigenvalue weighted by Crippen LogP contribution is -2.48. The molecule has 1 saturated heterocycles. The summed E-state index contributed by atoms with van der Waals surface area (Å²) in [6.45, 7) is 6.68. The fourth-order valence-corrected chi connectivity index (χ4v) is 3.49. The number of carbonyl (C=O) groups excluding carboxylic acids is 1. The number of nitrogens with zero attached hydrogens (tertiary/aromatic N) is 5. The second-order valence-corrected chi connectivity index (χ2v) is 7.23. The first kappa shape index (κ1) is 19.3. The molecular formula is C19H28N6O2. The maximum atomic E-state index is 12.4. The zero-order valence-electron chi connectivity index (χ0n) is 16.3. The van der Waals surface area contributed by atoms with Gasteiger partial charge in [0.2, 0.25) is 0 Å². The van der Waals surface area contributed by atoms with Crippen LogP contribution < -0.4 is 10.9 Å². The Hall–Kier alpha value is -2.48. The molecule has 1 N–H and O–H groups in total. The molecule has 1 fully saturated rings. The topological polar surface area (TPSA) is 85.0 Å². The summed E-state index contributed by atoms with van der Waals surface area (Å²) in [6.07, 6.45) is 3.33. The molecule has 0 spiro atoms. The van der Waals surface area contributed by atoms with Gasteiger partial charge in [0.05, 0.1) is 12.2 Å². The molecule has 8 heteroatoms. The summed E-state index contributed by atoms with van der Waals surface area (Å²) < 4.78 is 3.23. The molecule has 0 radical (unpaired) electrons. The van der Waals surface area contributed by atoms with E-state index in [1.807, 2.05) is 20.9 Å². The molecule has 0 saturated carbocycles. The first-order valence-corrected chi connectivity index (χ1v) is 9.51. The molecule has 3 rings (SSSR count). The quantitative estimate of drug-likeness (QED) is 0.814. The Kier molecular flexibility index (Phi) is 6.05. The molecule has 146 valence electrons. The molecule has 1 aliphatic rings. The Bertz CT molecular complexity index is 837. The molecule has 2 aromatic rings. The van der Waals surface area contributed by atoms with Crippen molar-refractivity contribution in [1.82, 2.24) is 29.8 Å². The van der Waals surface area contributed by atoms with Crippen molar-refractivity contribution in [2.24, 2.45) is 7.05 Å². The van der Waals surface area contributed by atoms with E-state index in [2.05, 4.69) is 20.4 Å². The summed E-state index contributed by atoms with van der Waals surface area (Å²) >= 11 is 0. The van der Waals surface area contributed by atoms with Gasteiger partial charge in [-0.25, -0.2) is 4.68 Å². The van der Waals surface area contributed by atoms with Gasteiger partial charge in [0, 0.05) is 37.9 Å². The highest BCUT2D eigenvalue weighted by Gasteiger charge is 2.23. The Morgan fingerprint density at radius 3 is 2.78 bits per heavy atom. The van der Waals surface area contributed by atoms with E-state index in [1.165, 1.54) is 4.68 Å². The van der Waals surface area contributed by atoms with Gasteiger partial charge < -0.3 is 5.32 Å². The van der Waals surface area contributed by atoms with E-state index in [0.717, 1.165) is 43.7 Å². The van der Waals surface area contributed by atoms with E-state index >= 15 is 0 Å². The summed E-state index contributed by atoms with van der Waals surface area (Å²) in [4.78, 5) is 26.7. The van der Waals surface area contributed by atoms with Crippen LogP contribution >= 0.6 is 0 Å². The monoisotopic (exact) mass is 372 g/mol. The van der Waals surface area contributed by atoms with Gasteiger partial charge >= 0.3 is 0 Å². The van der Waals surface area contributed by atoms with Crippen molar-refractivity contribution < 1.29 is 4.79 Å². The van der Waals surface area contributed by atoms with Crippen molar-refractivity contribution in [3.8, 4) is 0 Å². The predicted octanol–water partition coefficient (Wildman–Crippen LogP) is 0.878. The molecule has 8 nitrogen and oxygen atoms in total. The summed E-state index contributed by atoms with van der Waals surface area (Å²) in [5, 5.41) is 11.6. The van der Waals surface area contributed by atoms with Crippen molar-refractivity contribution in [3.63, 3.8) is 0 Å². The second kappa shape index (κ2) is 8.47. The van der Waals surface area contributed by atoms with Gasteiger partial charge in [-0.15, -0.1) is 0 Å². The molecule has 27 heavy (non-hydrogen) atoms. The SMILES string of the molecule is Cc1ccc(=O)n(CCN2CCCCC2CNC(=O)c2cc(C)n(C)n2)n1. The van der Waals surface area contributed by atoms with E-state index in [9.17, 15) is 9.59 Å². The Morgan fingerprint density at radius 2 is 2.04 bits per heavy atom. The summed E-state index contributed by atoms with van der Waals surface area (Å²) in [7, 11) is 1.83. The fourth-order valence-electron chi connectivity index (χ4n) is 3.49. The maximum Gasteiger partial charge on any atom is 0.271 e. The molecule has 0 aromatic carbocycles. The molecule has 1 atom stereocenters. The summed E-state index contributed by atoms with van der Waals surface area (Å²) in [5.41, 5.74) is 2.17. The van der Waals surface area contributed by atoms with Crippen LogP contribution in [-0.4, -0.2) is 56.0 Å². The molecule has 1 amide bonds. The summed E-state index contributed by atoms with van der Waals surface area (Å²) in [6, 6.07) is 5.36. The van der Waals surface area contributed by atoms with Gasteiger partial charge in [0.1, 0.15) is 5.69 Å². The molecule has 1 aliphatic heterocycles. The minimum absolute atomic E-state index is 0.0759. The zero-order valence-corrected chi connectivity index (χ0v) is 16.3. The second-order valence-electron chi connectivity index (χ2n) is 7.23. The van der Waals surface area contributed by atoms with Crippen LogP contribution in [0.5, 0.6) is 0 Å². The third-order valence-electron chi connectivity index (χ3n) is 5.19. The van der Waals surface area contributed by atoms with Crippen molar-refractivity contribution in [3.05, 3.63) is 45.6 Å². The third kappa shape index (κ3) is 4.82. The normalized spacial score (nSPS) is 17.8. The standard InChI is InChI=1S/C19H28N6O2/c1-14-7-8-18(26)25(21-14)11-10-24-9-5-4-6-16(24)13-20-19(27)17-12-15(2)23(3)22-17/h7-8,12,16H,4-6,9-11,13H2,1-3H3,(H,20,27). The Morgan fingerprint density at radius 1 is 1.22 bits per heavy atom. The summed E-state index contributed by atoms with van der Waals surface area (Å²) in [5.74, 6) is -0.138. The molecule has 0 aliphatic carbocycles. The van der Waals surface area contributed by atoms with E-state index in [1.54, 1.807) is 22.9 Å². The fraction of sp³-hybridized carbons (Fsp3) is 0.579. The molecule has 0 bridgehead atoms. The van der Waals surface area contributed by atoms with Gasteiger partial charge in [-0.3, -0.25) is 19.2 Å². The highest BCUT2D eigenvalue weighted by atomic mass is 16.2. The first-order chi connectivity index (χ1) is 12.9. The smallest absolute Gasteiger partial charge is 0.271 e. The number of aromatic nitrogens is 4. The van der Waals surface area contributed by atoms with Crippen LogP contribution in [0.25, 0.3) is 0 Å². The number of likely N-dealkylation sites (tertiary alicyclic amines) is 1. The number of aryl methyl sites for hydroxylation is 3. The minimum Gasteiger partial charge on any atom is -0.349 e. The van der Waals surface area contributed by atoms with Crippen LogP contribution in [0, 0.1) is 13.8 Å². The number of nitrogens with one attached hydrogen (secondary N) is 1. The van der Waals surface area contributed by atoms with E-state index in [0.29, 0.717) is 18.8 Å². The lowest BCUT2D eigenvalue weighted by Gasteiger charge is -2.35. The van der Waals surface area contributed by atoms with Crippen molar-refractivity contribution in [1.29, 1.82) is 0 Å². The number of hydrogen-bond donors (Lipinski definition) is 1. The largest absolute Gasteiger partial charge is 0.349 e. The molecule has 1 unspecified atom stereocenters. The minimum atomic E-state index is -0.138. The van der Waals surface area contributed by atoms with E-state index in [4.69, 9.17) is 0 Å². The maximum absolute atomic E-state index is 12.4. The zero-order chi connectivity index (χ0) is 19.4. The lowest BCUT2D eigenvalue weighted by atomic mass is 10.0. The third-order valence-corrected chi connectivity index (χ3v) is 5.19. The number of rotatable bonds is 6. The van der Waals surface area contributed by atoms with Gasteiger partial charge in [-0.05, 0) is 45.4 Å². The van der Waals surface area contributed by atoms with Gasteiger partial charge in [-0.1, -0.05) is 6.42 Å². The van der Waals surface area contributed by atoms with Gasteiger partial charge in [0.15, 0.2) is 0 Å². The van der Waals surface area contributed by atoms with Crippen molar-refractivity contribution >= 4 is 5.91 Å². The van der Waals surface area contributed by atoms with Crippen LogP contribution in [0.4, 0.5) is 0 Å². The predicted molar refractivity (Wildman–Crippen MR) is 103 cm³/mol. The molecule has 2 aromatic heterocycles. The Labute approximate surface area is 159 Å². The van der Waals surface area contributed by atoms with Crippen LogP contribution in [0.2, 0.25) is 0 Å².